The molecule has 1 aliphatic rings. The quantitative estimate of drug-likeness (QED) is 0.880. The van der Waals surface area contributed by atoms with Crippen LogP contribution in [0.2, 0.25) is 0 Å². The molecular formula is C18H19N5O. The van der Waals surface area contributed by atoms with Crippen molar-refractivity contribution in [2.75, 3.05) is 18.4 Å². The molecule has 1 atom stereocenters. The molecule has 0 aliphatic carbocycles. The fourth-order valence-corrected chi connectivity index (χ4v) is 2.86. The van der Waals surface area contributed by atoms with Crippen molar-refractivity contribution in [3.8, 4) is 6.07 Å². The van der Waals surface area contributed by atoms with Gasteiger partial charge in [0.1, 0.15) is 17.9 Å². The molecule has 3 rings (SSSR count). The number of amides is 1. The number of likely N-dealkylation sites (tertiary alicyclic amines) is 1. The van der Waals surface area contributed by atoms with Gasteiger partial charge in [-0.05, 0) is 37.0 Å². The van der Waals surface area contributed by atoms with Crippen LogP contribution in [0.3, 0.4) is 0 Å². The van der Waals surface area contributed by atoms with Gasteiger partial charge in [-0.1, -0.05) is 30.3 Å². The molecule has 0 radical (unpaired) electrons. The highest BCUT2D eigenvalue weighted by Crippen LogP contribution is 2.16. The summed E-state index contributed by atoms with van der Waals surface area (Å²) >= 11 is 0. The zero-order chi connectivity index (χ0) is 16.8. The SMILES string of the molecule is N#Cc1ccc(NC2CCN(CCCc3ccccc3)C2=O)nn1. The van der Waals surface area contributed by atoms with E-state index in [1.807, 2.05) is 29.2 Å². The fraction of sp³-hybridized carbons (Fsp3) is 0.333. The number of hydrogen-bond donors (Lipinski definition) is 1. The summed E-state index contributed by atoms with van der Waals surface area (Å²) < 4.78 is 0. The third-order valence-electron chi connectivity index (χ3n) is 4.13. The Morgan fingerprint density at radius 1 is 1.21 bits per heavy atom. The van der Waals surface area contributed by atoms with E-state index in [0.717, 1.165) is 32.4 Å². The Bertz CT molecular complexity index is 723. The van der Waals surface area contributed by atoms with E-state index in [1.165, 1.54) is 5.56 Å². The van der Waals surface area contributed by atoms with E-state index in [4.69, 9.17) is 5.26 Å². The Labute approximate surface area is 141 Å². The standard InChI is InChI=1S/C18H19N5O/c19-13-15-8-9-17(22-21-15)20-16-10-12-23(18(16)24)11-4-7-14-5-2-1-3-6-14/h1-3,5-6,8-9,16H,4,7,10-12H2,(H,20,22). The highest BCUT2D eigenvalue weighted by atomic mass is 16.2. The van der Waals surface area contributed by atoms with Crippen molar-refractivity contribution in [3.05, 3.63) is 53.7 Å². The molecule has 1 saturated heterocycles. The van der Waals surface area contributed by atoms with Gasteiger partial charge in [0, 0.05) is 13.1 Å². The van der Waals surface area contributed by atoms with Crippen LogP contribution in [-0.4, -0.2) is 40.1 Å². The second kappa shape index (κ2) is 7.55. The molecule has 0 bridgehead atoms. The maximum atomic E-state index is 12.4. The first-order valence-corrected chi connectivity index (χ1v) is 8.09. The van der Waals surface area contributed by atoms with Crippen molar-refractivity contribution >= 4 is 11.7 Å². The fourth-order valence-electron chi connectivity index (χ4n) is 2.86. The van der Waals surface area contributed by atoms with Gasteiger partial charge in [0.05, 0.1) is 0 Å². The maximum absolute atomic E-state index is 12.4. The van der Waals surface area contributed by atoms with Crippen LogP contribution < -0.4 is 5.32 Å². The third-order valence-corrected chi connectivity index (χ3v) is 4.13. The first kappa shape index (κ1) is 15.9. The van der Waals surface area contributed by atoms with E-state index >= 15 is 0 Å². The van der Waals surface area contributed by atoms with Gasteiger partial charge in [-0.15, -0.1) is 10.2 Å². The number of carbonyl (C=O) groups excluding carboxylic acids is 1. The summed E-state index contributed by atoms with van der Waals surface area (Å²) in [7, 11) is 0. The lowest BCUT2D eigenvalue weighted by Gasteiger charge is -2.17. The molecule has 1 unspecified atom stereocenters. The number of carbonyl (C=O) groups is 1. The molecule has 6 nitrogen and oxygen atoms in total. The number of nitrogens with one attached hydrogen (secondary N) is 1. The Kier molecular flexibility index (Phi) is 5.02. The zero-order valence-electron chi connectivity index (χ0n) is 13.4. The molecule has 1 amide bonds. The lowest BCUT2D eigenvalue weighted by molar-refractivity contribution is -0.128. The lowest BCUT2D eigenvalue weighted by Crippen LogP contribution is -2.34. The molecule has 122 valence electrons. The molecule has 1 aromatic carbocycles. The molecule has 2 heterocycles. The van der Waals surface area contributed by atoms with Crippen LogP contribution in [-0.2, 0) is 11.2 Å². The summed E-state index contributed by atoms with van der Waals surface area (Å²) in [4.78, 5) is 14.3. The predicted octanol–water partition coefficient (Wildman–Crippen LogP) is 1.99. The summed E-state index contributed by atoms with van der Waals surface area (Å²) in [6.45, 7) is 1.53. The molecule has 1 aliphatic heterocycles. The van der Waals surface area contributed by atoms with Crippen LogP contribution in [0.25, 0.3) is 0 Å². The van der Waals surface area contributed by atoms with Gasteiger partial charge in [0.2, 0.25) is 5.91 Å². The van der Waals surface area contributed by atoms with Crippen LogP contribution in [0.5, 0.6) is 0 Å². The third kappa shape index (κ3) is 3.87. The minimum atomic E-state index is -0.260. The second-order valence-electron chi connectivity index (χ2n) is 5.82. The van der Waals surface area contributed by atoms with Crippen molar-refractivity contribution in [2.24, 2.45) is 0 Å². The van der Waals surface area contributed by atoms with Crippen molar-refractivity contribution in [1.82, 2.24) is 15.1 Å². The van der Waals surface area contributed by atoms with Crippen LogP contribution in [0.1, 0.15) is 24.1 Å². The number of aromatic nitrogens is 2. The molecule has 24 heavy (non-hydrogen) atoms. The van der Waals surface area contributed by atoms with Gasteiger partial charge in [-0.2, -0.15) is 5.26 Å². The minimum Gasteiger partial charge on any atom is -0.357 e. The lowest BCUT2D eigenvalue weighted by atomic mass is 10.1. The van der Waals surface area contributed by atoms with Gasteiger partial charge in [-0.3, -0.25) is 4.79 Å². The number of anilines is 1. The Morgan fingerprint density at radius 3 is 2.75 bits per heavy atom. The summed E-state index contributed by atoms with van der Waals surface area (Å²) in [5, 5.41) is 19.5. The first-order valence-electron chi connectivity index (χ1n) is 8.09. The number of nitriles is 1. The van der Waals surface area contributed by atoms with Gasteiger partial charge in [0.25, 0.3) is 0 Å². The van der Waals surface area contributed by atoms with Crippen molar-refractivity contribution in [3.63, 3.8) is 0 Å². The number of aryl methyl sites for hydroxylation is 1. The molecule has 1 aromatic heterocycles. The molecule has 1 N–H and O–H groups in total. The van der Waals surface area contributed by atoms with Gasteiger partial charge in [0.15, 0.2) is 5.69 Å². The smallest absolute Gasteiger partial charge is 0.245 e. The molecular weight excluding hydrogens is 302 g/mol. The summed E-state index contributed by atoms with van der Waals surface area (Å²) in [5.74, 6) is 0.632. The Balaban J connectivity index is 1.48. The number of benzene rings is 1. The largest absolute Gasteiger partial charge is 0.357 e. The Hall–Kier alpha value is -2.94. The second-order valence-corrected chi connectivity index (χ2v) is 5.82. The average Bonchev–Trinajstić information content (AvgIpc) is 2.97. The molecule has 0 spiro atoms. The predicted molar refractivity (Wildman–Crippen MR) is 90.1 cm³/mol. The average molecular weight is 321 g/mol. The van der Waals surface area contributed by atoms with Crippen LogP contribution >= 0.6 is 0 Å². The highest BCUT2D eigenvalue weighted by molar-refractivity contribution is 5.86. The first-order chi connectivity index (χ1) is 11.8. The summed E-state index contributed by atoms with van der Waals surface area (Å²) in [6, 6.07) is 15.2. The van der Waals surface area contributed by atoms with E-state index in [9.17, 15) is 4.79 Å². The highest BCUT2D eigenvalue weighted by Gasteiger charge is 2.31. The van der Waals surface area contributed by atoms with E-state index < -0.39 is 0 Å². The Morgan fingerprint density at radius 2 is 2.04 bits per heavy atom. The number of rotatable bonds is 6. The van der Waals surface area contributed by atoms with E-state index in [2.05, 4.69) is 27.6 Å². The van der Waals surface area contributed by atoms with Gasteiger partial charge in [-0.25, -0.2) is 0 Å². The van der Waals surface area contributed by atoms with Crippen molar-refractivity contribution in [1.29, 1.82) is 5.26 Å². The molecule has 0 saturated carbocycles. The van der Waals surface area contributed by atoms with Gasteiger partial charge < -0.3 is 10.2 Å². The van der Waals surface area contributed by atoms with Crippen LogP contribution in [0.4, 0.5) is 5.82 Å². The topological polar surface area (TPSA) is 81.9 Å². The van der Waals surface area contributed by atoms with Crippen molar-refractivity contribution < 1.29 is 4.79 Å². The van der Waals surface area contributed by atoms with E-state index in [0.29, 0.717) is 5.82 Å². The number of nitrogens with zero attached hydrogens (tertiary/aromatic N) is 4. The zero-order valence-corrected chi connectivity index (χ0v) is 13.4. The normalized spacial score (nSPS) is 16.9. The van der Waals surface area contributed by atoms with E-state index in [1.54, 1.807) is 12.1 Å². The molecule has 2 aromatic rings. The maximum Gasteiger partial charge on any atom is 0.245 e. The van der Waals surface area contributed by atoms with Crippen LogP contribution in [0.15, 0.2) is 42.5 Å². The molecule has 1 fully saturated rings. The monoisotopic (exact) mass is 321 g/mol. The summed E-state index contributed by atoms with van der Waals surface area (Å²) in [5.41, 5.74) is 1.56. The van der Waals surface area contributed by atoms with Gasteiger partial charge >= 0.3 is 0 Å². The minimum absolute atomic E-state index is 0.106. The molecule has 6 heteroatoms. The van der Waals surface area contributed by atoms with E-state index in [-0.39, 0.29) is 17.6 Å². The number of hydrogen-bond acceptors (Lipinski definition) is 5. The summed E-state index contributed by atoms with van der Waals surface area (Å²) in [6.07, 6.45) is 2.69. The van der Waals surface area contributed by atoms with Crippen LogP contribution in [0, 0.1) is 11.3 Å². The van der Waals surface area contributed by atoms with Crippen molar-refractivity contribution in [2.45, 2.75) is 25.3 Å².